The quantitative estimate of drug-likeness (QED) is 0.853. The largest absolute Gasteiger partial charge is 0.331 e. The van der Waals surface area contributed by atoms with Crippen LogP contribution in [0.1, 0.15) is 10.4 Å². The van der Waals surface area contributed by atoms with Gasteiger partial charge in [0.15, 0.2) is 0 Å². The number of nitrogens with zero attached hydrogens (tertiary/aromatic N) is 5. The Kier molecular flexibility index (Phi) is 5.20. The van der Waals surface area contributed by atoms with Crippen LogP contribution < -0.4 is 10.6 Å². The molecular weight excluding hydrogens is 364 g/mol. The van der Waals surface area contributed by atoms with Crippen molar-refractivity contribution in [3.63, 3.8) is 0 Å². The number of nitrogens with one attached hydrogen (secondary N) is 2. The van der Waals surface area contributed by atoms with E-state index in [-0.39, 0.29) is 21.7 Å². The first-order valence-electron chi connectivity index (χ1n) is 6.42. The minimum atomic E-state index is -0.958. The van der Waals surface area contributed by atoms with Gasteiger partial charge in [0, 0.05) is 21.1 Å². The molecule has 0 saturated heterocycles. The summed E-state index contributed by atoms with van der Waals surface area (Å²) in [5, 5.41) is 14.6. The first-order valence-corrected chi connectivity index (χ1v) is 7.17. The van der Waals surface area contributed by atoms with Gasteiger partial charge in [0.05, 0.1) is 21.3 Å². The van der Waals surface area contributed by atoms with Gasteiger partial charge in [0.25, 0.3) is 5.91 Å². The molecule has 0 spiro atoms. The molecule has 0 fully saturated rings. The molecule has 1 heterocycles. The van der Waals surface area contributed by atoms with Crippen LogP contribution in [0, 0.1) is 5.82 Å². The van der Waals surface area contributed by atoms with Crippen molar-refractivity contribution in [2.45, 2.75) is 0 Å². The summed E-state index contributed by atoms with van der Waals surface area (Å²) in [7, 11) is 4.48. The Bertz CT molecular complexity index is 809. The summed E-state index contributed by atoms with van der Waals surface area (Å²) in [6.45, 7) is 0. The number of benzene rings is 1. The number of urea groups is 1. The van der Waals surface area contributed by atoms with E-state index in [1.54, 1.807) is 0 Å². The van der Waals surface area contributed by atoms with Crippen LogP contribution in [0.4, 0.5) is 20.8 Å². The smallest absolute Gasteiger partial charge is 0.321 e. The number of aryl methyl sites for hydroxylation is 1. The van der Waals surface area contributed by atoms with Gasteiger partial charge in [-0.25, -0.2) is 13.9 Å². The Labute approximate surface area is 145 Å². The Morgan fingerprint density at radius 1 is 1.29 bits per heavy atom. The predicted molar refractivity (Wildman–Crippen MR) is 85.9 cm³/mol. The topological polar surface area (TPSA) is 105 Å². The molecule has 2 rings (SSSR count). The number of carbonyl (C=O) groups is 2. The average molecular weight is 376 g/mol. The fraction of sp³-hybridized carbons (Fsp3) is 0.250. The molecule has 128 valence electrons. The summed E-state index contributed by atoms with van der Waals surface area (Å²) in [5.41, 5.74) is -0.585. The Morgan fingerprint density at radius 3 is 2.50 bits per heavy atom. The van der Waals surface area contributed by atoms with Gasteiger partial charge in [0.1, 0.15) is 5.82 Å². The van der Waals surface area contributed by atoms with Gasteiger partial charge in [-0.05, 0) is 16.5 Å². The lowest BCUT2D eigenvalue weighted by Gasteiger charge is -2.16. The fourth-order valence-corrected chi connectivity index (χ4v) is 2.24. The molecule has 3 amide bonds. The van der Waals surface area contributed by atoms with E-state index in [0.717, 1.165) is 6.07 Å². The fourth-order valence-electron chi connectivity index (χ4n) is 1.63. The number of amides is 3. The summed E-state index contributed by atoms with van der Waals surface area (Å²) in [6.07, 6.45) is 0. The highest BCUT2D eigenvalue weighted by Gasteiger charge is 2.24. The molecule has 9 nitrogen and oxygen atoms in total. The van der Waals surface area contributed by atoms with Crippen molar-refractivity contribution in [3.05, 3.63) is 27.5 Å². The van der Waals surface area contributed by atoms with E-state index in [0.29, 0.717) is 0 Å². The van der Waals surface area contributed by atoms with E-state index in [4.69, 9.17) is 23.2 Å². The van der Waals surface area contributed by atoms with Gasteiger partial charge in [-0.1, -0.05) is 28.3 Å². The number of halogens is 3. The van der Waals surface area contributed by atoms with Gasteiger partial charge in [-0.15, -0.1) is 0 Å². The molecule has 2 aromatic rings. The zero-order chi connectivity index (χ0) is 18.0. The van der Waals surface area contributed by atoms with Gasteiger partial charge in [-0.3, -0.25) is 10.1 Å². The number of tetrazole rings is 1. The first kappa shape index (κ1) is 17.9. The van der Waals surface area contributed by atoms with Crippen LogP contribution in [-0.2, 0) is 7.05 Å². The minimum Gasteiger partial charge on any atom is -0.331 e. The molecule has 0 bridgehead atoms. The molecule has 12 heteroatoms. The maximum Gasteiger partial charge on any atom is 0.321 e. The van der Waals surface area contributed by atoms with E-state index in [1.807, 2.05) is 0 Å². The third kappa shape index (κ3) is 3.54. The molecule has 1 aromatic heterocycles. The van der Waals surface area contributed by atoms with Crippen molar-refractivity contribution >= 4 is 46.8 Å². The zero-order valence-corrected chi connectivity index (χ0v) is 14.3. The predicted octanol–water partition coefficient (Wildman–Crippen LogP) is 2.00. The highest BCUT2D eigenvalue weighted by atomic mass is 35.5. The number of carbonyl (C=O) groups excluding carboxylic acids is 2. The number of aromatic nitrogens is 4. The second-order valence-corrected chi connectivity index (χ2v) is 5.59. The number of hydrogen-bond acceptors (Lipinski definition) is 5. The van der Waals surface area contributed by atoms with Crippen LogP contribution >= 0.6 is 23.2 Å². The minimum absolute atomic E-state index is 0.00991. The summed E-state index contributed by atoms with van der Waals surface area (Å²) in [5.74, 6) is -1.86. The lowest BCUT2D eigenvalue weighted by Crippen LogP contribution is -2.28. The van der Waals surface area contributed by atoms with Crippen molar-refractivity contribution in [3.8, 4) is 0 Å². The lowest BCUT2D eigenvalue weighted by molar-refractivity contribution is 0.102. The maximum atomic E-state index is 14.2. The second kappa shape index (κ2) is 6.97. The van der Waals surface area contributed by atoms with E-state index in [2.05, 4.69) is 26.2 Å². The summed E-state index contributed by atoms with van der Waals surface area (Å²) in [4.78, 5) is 25.3. The second-order valence-electron chi connectivity index (χ2n) is 4.81. The molecule has 1 aromatic carbocycles. The van der Waals surface area contributed by atoms with E-state index in [9.17, 15) is 14.0 Å². The number of anilines is 2. The Hall–Kier alpha value is -2.46. The Morgan fingerprint density at radius 2 is 1.96 bits per heavy atom. The van der Waals surface area contributed by atoms with Crippen LogP contribution in [0.25, 0.3) is 0 Å². The maximum absolute atomic E-state index is 14.2. The summed E-state index contributed by atoms with van der Waals surface area (Å²) >= 11 is 12.0. The molecule has 0 radical (unpaired) electrons. The molecular formula is C12H12Cl2FN7O2. The highest BCUT2D eigenvalue weighted by molar-refractivity contribution is 6.42. The number of rotatable bonds is 3. The third-order valence-electron chi connectivity index (χ3n) is 2.88. The average Bonchev–Trinajstić information content (AvgIpc) is 2.88. The molecule has 0 atom stereocenters. The van der Waals surface area contributed by atoms with Crippen LogP contribution in [-0.4, -0.2) is 51.1 Å². The monoisotopic (exact) mass is 375 g/mol. The molecule has 0 saturated carbocycles. The van der Waals surface area contributed by atoms with Crippen LogP contribution in [0.5, 0.6) is 0 Å². The van der Waals surface area contributed by atoms with Crippen LogP contribution in [0.2, 0.25) is 10.0 Å². The van der Waals surface area contributed by atoms with Crippen molar-refractivity contribution < 1.29 is 14.0 Å². The van der Waals surface area contributed by atoms with Gasteiger partial charge in [0.2, 0.25) is 5.95 Å². The van der Waals surface area contributed by atoms with Crippen LogP contribution in [0.3, 0.4) is 0 Å². The van der Waals surface area contributed by atoms with Crippen molar-refractivity contribution in [1.29, 1.82) is 0 Å². The molecule has 24 heavy (non-hydrogen) atoms. The van der Waals surface area contributed by atoms with E-state index in [1.165, 1.54) is 30.7 Å². The van der Waals surface area contributed by atoms with Crippen molar-refractivity contribution in [2.24, 2.45) is 7.05 Å². The standard InChI is InChI=1S/C12H12Cl2FN7O2/c1-21(2)12(24)16-9-5(13)4-6(15)7(8(9)14)10(23)17-11-18-19-20-22(11)3/h4H,1-3H3,(H,16,24)(H,17,18,20,23). The summed E-state index contributed by atoms with van der Waals surface area (Å²) in [6, 6.07) is 0.331. The first-order chi connectivity index (χ1) is 11.2. The van der Waals surface area contributed by atoms with Gasteiger partial charge in [-0.2, -0.15) is 0 Å². The SMILES string of the molecule is CN(C)C(=O)Nc1c(Cl)cc(F)c(C(=O)Nc2nnnn2C)c1Cl. The molecule has 0 aliphatic heterocycles. The molecule has 0 unspecified atom stereocenters. The molecule has 2 N–H and O–H groups in total. The highest BCUT2D eigenvalue weighted by Crippen LogP contribution is 2.35. The zero-order valence-electron chi connectivity index (χ0n) is 12.8. The van der Waals surface area contributed by atoms with E-state index >= 15 is 0 Å². The molecule has 0 aliphatic rings. The Balaban J connectivity index is 2.41. The van der Waals surface area contributed by atoms with Crippen LogP contribution in [0.15, 0.2) is 6.07 Å². The molecule has 0 aliphatic carbocycles. The lowest BCUT2D eigenvalue weighted by atomic mass is 10.1. The normalized spacial score (nSPS) is 10.4. The van der Waals surface area contributed by atoms with Gasteiger partial charge >= 0.3 is 6.03 Å². The summed E-state index contributed by atoms with van der Waals surface area (Å²) < 4.78 is 15.3. The number of hydrogen-bond donors (Lipinski definition) is 2. The van der Waals surface area contributed by atoms with Crippen molar-refractivity contribution in [2.75, 3.05) is 24.7 Å². The van der Waals surface area contributed by atoms with E-state index < -0.39 is 23.3 Å². The van der Waals surface area contributed by atoms with Crippen molar-refractivity contribution in [1.82, 2.24) is 25.1 Å². The third-order valence-corrected chi connectivity index (χ3v) is 3.56. The van der Waals surface area contributed by atoms with Gasteiger partial charge < -0.3 is 10.2 Å².